The van der Waals surface area contributed by atoms with Crippen LogP contribution in [0.15, 0.2) is 101 Å². The first-order valence-corrected chi connectivity index (χ1v) is 10.8. The SMILES string of the molecule is O=[N+]([O-])c1ccc(N=Cc2c([O-])ccc3ccccc23)c(N=Cc2c([O-])ccc3ccccc23)c1.[Cu+2]. The first-order chi connectivity index (χ1) is 17.0. The van der Waals surface area contributed by atoms with Crippen LogP contribution >= 0.6 is 0 Å². The largest absolute Gasteiger partial charge is 2.00 e. The minimum Gasteiger partial charge on any atom is -0.872 e. The van der Waals surface area contributed by atoms with E-state index in [4.69, 9.17) is 0 Å². The molecule has 7 nitrogen and oxygen atoms in total. The molecule has 179 valence electrons. The summed E-state index contributed by atoms with van der Waals surface area (Å²) in [4.78, 5) is 19.7. The van der Waals surface area contributed by atoms with Crippen LogP contribution in [0.5, 0.6) is 11.5 Å². The first-order valence-electron chi connectivity index (χ1n) is 10.8. The summed E-state index contributed by atoms with van der Waals surface area (Å²) in [5, 5.41) is 39.7. The second kappa shape index (κ2) is 10.4. The van der Waals surface area contributed by atoms with Crippen molar-refractivity contribution in [3.63, 3.8) is 0 Å². The van der Waals surface area contributed by atoms with Crippen LogP contribution in [-0.4, -0.2) is 17.4 Å². The Morgan fingerprint density at radius 2 is 1.14 bits per heavy atom. The number of hydrogen-bond donors (Lipinski definition) is 0. The molecule has 0 aliphatic carbocycles. The van der Waals surface area contributed by atoms with Crippen molar-refractivity contribution in [2.75, 3.05) is 0 Å². The van der Waals surface area contributed by atoms with Gasteiger partial charge in [0.1, 0.15) is 0 Å². The molecule has 36 heavy (non-hydrogen) atoms. The van der Waals surface area contributed by atoms with E-state index in [0.717, 1.165) is 21.5 Å². The molecule has 0 unspecified atom stereocenters. The standard InChI is InChI=1S/C28H19N3O4.Cu/c32-27-13-9-18-5-1-3-7-21(18)23(27)16-29-25-12-11-20(31(34)35)15-26(25)30-17-24-22-8-4-2-6-19(22)10-14-28(24)33;/h1-17,32-33H;/q;+2/p-2. The molecule has 5 rings (SSSR count). The van der Waals surface area contributed by atoms with Crippen molar-refractivity contribution in [3.8, 4) is 11.5 Å². The molecule has 0 amide bonds. The van der Waals surface area contributed by atoms with Gasteiger partial charge in [-0.15, -0.1) is 0 Å². The number of nitro benzene ring substituents is 1. The maximum atomic E-state index is 12.5. The van der Waals surface area contributed by atoms with Crippen LogP contribution in [0.2, 0.25) is 0 Å². The molecule has 5 aromatic rings. The maximum absolute atomic E-state index is 12.5. The van der Waals surface area contributed by atoms with Crippen LogP contribution in [0.1, 0.15) is 11.1 Å². The third-order valence-corrected chi connectivity index (χ3v) is 5.70. The molecule has 0 saturated carbocycles. The van der Waals surface area contributed by atoms with E-state index in [2.05, 4.69) is 9.98 Å². The van der Waals surface area contributed by atoms with Crippen molar-refractivity contribution in [3.05, 3.63) is 112 Å². The van der Waals surface area contributed by atoms with E-state index in [-0.39, 0.29) is 39.9 Å². The zero-order valence-electron chi connectivity index (χ0n) is 18.6. The summed E-state index contributed by atoms with van der Waals surface area (Å²) in [5.41, 5.74) is 1.15. The molecule has 8 heteroatoms. The Morgan fingerprint density at radius 1 is 0.639 bits per heavy atom. The van der Waals surface area contributed by atoms with E-state index in [9.17, 15) is 20.3 Å². The summed E-state index contributed by atoms with van der Waals surface area (Å²) in [6, 6.07) is 25.4. The third-order valence-electron chi connectivity index (χ3n) is 5.70. The number of benzene rings is 5. The van der Waals surface area contributed by atoms with Crippen molar-refractivity contribution in [2.24, 2.45) is 9.98 Å². The maximum Gasteiger partial charge on any atom is 2.00 e. The summed E-state index contributed by atoms with van der Waals surface area (Å²) in [6.07, 6.45) is 2.85. The minimum atomic E-state index is -0.524. The average Bonchev–Trinajstić information content (AvgIpc) is 2.88. The fourth-order valence-electron chi connectivity index (χ4n) is 3.92. The van der Waals surface area contributed by atoms with Crippen LogP contribution in [0.4, 0.5) is 17.1 Å². The Balaban J connectivity index is 0.00000304. The summed E-state index contributed by atoms with van der Waals surface area (Å²) in [6.45, 7) is 0. The van der Waals surface area contributed by atoms with Gasteiger partial charge in [0.15, 0.2) is 0 Å². The van der Waals surface area contributed by atoms with Gasteiger partial charge in [0.2, 0.25) is 0 Å². The molecule has 0 aromatic heterocycles. The number of rotatable bonds is 5. The molecule has 0 aliphatic rings. The van der Waals surface area contributed by atoms with Gasteiger partial charge in [-0.3, -0.25) is 20.1 Å². The van der Waals surface area contributed by atoms with Crippen LogP contribution in [0.3, 0.4) is 0 Å². The monoisotopic (exact) mass is 522 g/mol. The molecule has 0 aliphatic heterocycles. The Morgan fingerprint density at radius 3 is 1.67 bits per heavy atom. The summed E-state index contributed by atoms with van der Waals surface area (Å²) < 4.78 is 0. The average molecular weight is 523 g/mol. The van der Waals surface area contributed by atoms with Gasteiger partial charge < -0.3 is 10.2 Å². The van der Waals surface area contributed by atoms with Gasteiger partial charge in [0.25, 0.3) is 5.69 Å². The second-order valence-corrected chi connectivity index (χ2v) is 7.84. The molecule has 0 atom stereocenters. The number of fused-ring (bicyclic) bond motifs is 2. The van der Waals surface area contributed by atoms with Crippen LogP contribution in [0.25, 0.3) is 21.5 Å². The number of nitro groups is 1. The van der Waals surface area contributed by atoms with E-state index in [1.54, 1.807) is 12.1 Å². The van der Waals surface area contributed by atoms with Crippen molar-refractivity contribution in [1.29, 1.82) is 0 Å². The Kier molecular flexibility index (Phi) is 7.10. The molecule has 0 saturated heterocycles. The predicted octanol–water partition coefficient (Wildman–Crippen LogP) is 5.55. The van der Waals surface area contributed by atoms with Crippen molar-refractivity contribution < 1.29 is 32.2 Å². The molecule has 0 N–H and O–H groups in total. The quantitative estimate of drug-likeness (QED) is 0.130. The number of hydrogen-bond acceptors (Lipinski definition) is 6. The Bertz CT molecular complexity index is 1660. The Labute approximate surface area is 216 Å². The van der Waals surface area contributed by atoms with Gasteiger partial charge in [-0.05, 0) is 38.7 Å². The fraction of sp³-hybridized carbons (Fsp3) is 0. The molecule has 0 bridgehead atoms. The normalized spacial score (nSPS) is 11.3. The molecule has 0 spiro atoms. The van der Waals surface area contributed by atoms with Crippen LogP contribution < -0.4 is 10.2 Å². The van der Waals surface area contributed by atoms with E-state index >= 15 is 0 Å². The molecular formula is C28H17CuN3O4. The minimum absolute atomic E-state index is 0. The third kappa shape index (κ3) is 4.81. The van der Waals surface area contributed by atoms with Gasteiger partial charge >= 0.3 is 17.1 Å². The zero-order chi connectivity index (χ0) is 24.4. The van der Waals surface area contributed by atoms with Gasteiger partial charge in [-0.1, -0.05) is 84.3 Å². The van der Waals surface area contributed by atoms with E-state index < -0.39 is 4.92 Å². The zero-order valence-corrected chi connectivity index (χ0v) is 19.5. The topological polar surface area (TPSA) is 114 Å². The van der Waals surface area contributed by atoms with Crippen molar-refractivity contribution in [1.82, 2.24) is 0 Å². The second-order valence-electron chi connectivity index (χ2n) is 7.84. The van der Waals surface area contributed by atoms with E-state index in [1.165, 1.54) is 42.8 Å². The van der Waals surface area contributed by atoms with Gasteiger partial charge in [0.05, 0.1) is 16.3 Å². The summed E-state index contributed by atoms with van der Waals surface area (Å²) in [7, 11) is 0. The predicted molar refractivity (Wildman–Crippen MR) is 134 cm³/mol. The molecule has 5 aromatic carbocycles. The van der Waals surface area contributed by atoms with Crippen LogP contribution in [0, 0.1) is 10.1 Å². The van der Waals surface area contributed by atoms with E-state index in [1.807, 2.05) is 48.5 Å². The number of non-ortho nitro benzene ring substituents is 1. The number of nitrogens with zero attached hydrogens (tertiary/aromatic N) is 3. The summed E-state index contributed by atoms with van der Waals surface area (Å²) in [5.74, 6) is -0.402. The van der Waals surface area contributed by atoms with Crippen molar-refractivity contribution >= 4 is 51.0 Å². The molecule has 1 radical (unpaired) electrons. The van der Waals surface area contributed by atoms with Crippen molar-refractivity contribution in [2.45, 2.75) is 0 Å². The Hall–Kier alpha value is -4.52. The smallest absolute Gasteiger partial charge is 0.872 e. The molecule has 0 fully saturated rings. The van der Waals surface area contributed by atoms with E-state index in [0.29, 0.717) is 16.8 Å². The molecule has 0 heterocycles. The molecular weight excluding hydrogens is 506 g/mol. The fourth-order valence-corrected chi connectivity index (χ4v) is 3.92. The van der Waals surface area contributed by atoms with Crippen LogP contribution in [-0.2, 0) is 17.1 Å². The van der Waals surface area contributed by atoms with Gasteiger partial charge in [0, 0.05) is 24.6 Å². The van der Waals surface area contributed by atoms with Gasteiger partial charge in [-0.2, -0.15) is 0 Å². The number of aliphatic imine (C=N–C) groups is 2. The first kappa shape index (κ1) is 24.6. The van der Waals surface area contributed by atoms with Gasteiger partial charge in [-0.25, -0.2) is 0 Å². The summed E-state index contributed by atoms with van der Waals surface area (Å²) >= 11 is 0.